The predicted octanol–water partition coefficient (Wildman–Crippen LogP) is 4.77. The number of hydrogen-bond donors (Lipinski definition) is 1. The van der Waals surface area contributed by atoms with Crippen molar-refractivity contribution in [1.29, 1.82) is 0 Å². The van der Waals surface area contributed by atoms with Gasteiger partial charge in [-0.1, -0.05) is 34.8 Å². The molecule has 3 aromatic rings. The Balaban J connectivity index is 1.55. The smallest absolute Gasteiger partial charge is 0.247 e. The van der Waals surface area contributed by atoms with Gasteiger partial charge in [-0.3, -0.25) is 9.69 Å². The van der Waals surface area contributed by atoms with Crippen molar-refractivity contribution in [2.24, 2.45) is 0 Å². The molecule has 1 N–H and O–H groups in total. The maximum atomic E-state index is 12.2. The molecule has 0 spiro atoms. The van der Waals surface area contributed by atoms with Gasteiger partial charge in [-0.2, -0.15) is 0 Å². The first-order chi connectivity index (χ1) is 12.9. The first kappa shape index (κ1) is 19.6. The topological polar surface area (TPSA) is 71.3 Å². The van der Waals surface area contributed by atoms with Crippen LogP contribution < -0.4 is 5.32 Å². The molecule has 2 aromatic carbocycles. The number of hydrogen-bond acceptors (Lipinski definition) is 5. The molecule has 140 valence electrons. The van der Waals surface area contributed by atoms with Crippen LogP contribution in [0.1, 0.15) is 5.89 Å². The number of likely N-dealkylation sites (N-methyl/N-ethyl adjacent to an activating group) is 1. The molecule has 6 nitrogen and oxygen atoms in total. The molecule has 0 aliphatic heterocycles. The minimum absolute atomic E-state index is 0.138. The standard InChI is InChI=1S/C18H15Cl3N4O2/c1-25(9-16(26)22-13-6-7-14(20)15(21)8-13)10-17-23-24-18(27-17)11-2-4-12(19)5-3-11/h2-8H,9-10H2,1H3,(H,22,26). The Kier molecular flexibility index (Phi) is 6.34. The lowest BCUT2D eigenvalue weighted by Gasteiger charge is -2.14. The number of aromatic nitrogens is 2. The Hall–Kier alpha value is -2.12. The van der Waals surface area contributed by atoms with Crippen molar-refractivity contribution in [3.05, 3.63) is 63.4 Å². The van der Waals surface area contributed by atoms with Crippen molar-refractivity contribution < 1.29 is 9.21 Å². The number of nitrogens with zero attached hydrogens (tertiary/aromatic N) is 3. The van der Waals surface area contributed by atoms with Crippen LogP contribution in [0.5, 0.6) is 0 Å². The number of carbonyl (C=O) groups excluding carboxylic acids is 1. The summed E-state index contributed by atoms with van der Waals surface area (Å²) in [5.41, 5.74) is 1.35. The van der Waals surface area contributed by atoms with E-state index < -0.39 is 0 Å². The van der Waals surface area contributed by atoms with E-state index in [0.717, 1.165) is 5.56 Å². The number of anilines is 1. The molecule has 0 bridgehead atoms. The third-order valence-electron chi connectivity index (χ3n) is 3.58. The lowest BCUT2D eigenvalue weighted by Crippen LogP contribution is -2.29. The summed E-state index contributed by atoms with van der Waals surface area (Å²) in [4.78, 5) is 13.9. The van der Waals surface area contributed by atoms with Crippen LogP contribution in [0.25, 0.3) is 11.5 Å². The number of rotatable bonds is 6. The number of nitrogens with one attached hydrogen (secondary N) is 1. The minimum Gasteiger partial charge on any atom is -0.419 e. The van der Waals surface area contributed by atoms with Gasteiger partial charge in [0.05, 0.1) is 23.1 Å². The summed E-state index contributed by atoms with van der Waals surface area (Å²) in [6.07, 6.45) is 0. The van der Waals surface area contributed by atoms with E-state index in [2.05, 4.69) is 15.5 Å². The van der Waals surface area contributed by atoms with Gasteiger partial charge < -0.3 is 9.73 Å². The first-order valence-electron chi connectivity index (χ1n) is 7.92. The molecule has 0 aliphatic carbocycles. The second-order valence-electron chi connectivity index (χ2n) is 5.86. The van der Waals surface area contributed by atoms with Crippen LogP contribution >= 0.6 is 34.8 Å². The van der Waals surface area contributed by atoms with Gasteiger partial charge in [-0.05, 0) is 49.5 Å². The number of benzene rings is 2. The van der Waals surface area contributed by atoms with Crippen LogP contribution in [0.15, 0.2) is 46.9 Å². The van der Waals surface area contributed by atoms with E-state index in [9.17, 15) is 4.79 Å². The third-order valence-corrected chi connectivity index (χ3v) is 4.57. The van der Waals surface area contributed by atoms with Crippen LogP contribution in [0.4, 0.5) is 5.69 Å². The second-order valence-corrected chi connectivity index (χ2v) is 7.11. The van der Waals surface area contributed by atoms with Crippen molar-refractivity contribution in [2.75, 3.05) is 18.9 Å². The molecule has 0 saturated heterocycles. The van der Waals surface area contributed by atoms with Crippen LogP contribution in [-0.2, 0) is 11.3 Å². The fourth-order valence-corrected chi connectivity index (χ4v) is 2.76. The Morgan fingerprint density at radius 1 is 1.07 bits per heavy atom. The van der Waals surface area contributed by atoms with E-state index in [1.165, 1.54) is 0 Å². The van der Waals surface area contributed by atoms with Gasteiger partial charge in [0.25, 0.3) is 0 Å². The van der Waals surface area contributed by atoms with Gasteiger partial charge in [-0.25, -0.2) is 0 Å². The normalized spacial score (nSPS) is 11.0. The molecular weight excluding hydrogens is 411 g/mol. The molecule has 0 saturated carbocycles. The van der Waals surface area contributed by atoms with Crippen molar-refractivity contribution in [2.45, 2.75) is 6.54 Å². The van der Waals surface area contributed by atoms with Crippen LogP contribution in [0.3, 0.4) is 0 Å². The Morgan fingerprint density at radius 3 is 2.52 bits per heavy atom. The average molecular weight is 426 g/mol. The van der Waals surface area contributed by atoms with Gasteiger partial charge in [0.2, 0.25) is 17.7 Å². The average Bonchev–Trinajstić information content (AvgIpc) is 3.07. The maximum absolute atomic E-state index is 12.2. The van der Waals surface area contributed by atoms with Crippen molar-refractivity contribution in [1.82, 2.24) is 15.1 Å². The Bertz CT molecular complexity index is 944. The number of carbonyl (C=O) groups is 1. The predicted molar refractivity (Wildman–Crippen MR) is 106 cm³/mol. The largest absolute Gasteiger partial charge is 0.419 e. The van der Waals surface area contributed by atoms with Gasteiger partial charge in [0.1, 0.15) is 0 Å². The van der Waals surface area contributed by atoms with Crippen molar-refractivity contribution >= 4 is 46.4 Å². The highest BCUT2D eigenvalue weighted by Gasteiger charge is 2.13. The van der Waals surface area contributed by atoms with Crippen LogP contribution in [0.2, 0.25) is 15.1 Å². The quantitative estimate of drug-likeness (QED) is 0.616. The van der Waals surface area contributed by atoms with Gasteiger partial charge in [-0.15, -0.1) is 10.2 Å². The van der Waals surface area contributed by atoms with Gasteiger partial charge in [0.15, 0.2) is 0 Å². The van der Waals surface area contributed by atoms with Crippen molar-refractivity contribution in [3.8, 4) is 11.5 Å². The highest BCUT2D eigenvalue weighted by Crippen LogP contribution is 2.25. The molecule has 1 heterocycles. The van der Waals surface area contributed by atoms with Gasteiger partial charge >= 0.3 is 0 Å². The number of amides is 1. The lowest BCUT2D eigenvalue weighted by atomic mass is 10.2. The zero-order chi connectivity index (χ0) is 19.4. The zero-order valence-electron chi connectivity index (χ0n) is 14.2. The molecule has 9 heteroatoms. The molecule has 0 fully saturated rings. The highest BCUT2D eigenvalue weighted by molar-refractivity contribution is 6.42. The minimum atomic E-state index is -0.201. The molecule has 1 amide bonds. The zero-order valence-corrected chi connectivity index (χ0v) is 16.5. The van der Waals surface area contributed by atoms with E-state index in [1.807, 2.05) is 0 Å². The molecule has 0 radical (unpaired) electrons. The molecule has 1 aromatic heterocycles. The molecular formula is C18H15Cl3N4O2. The van der Waals surface area contributed by atoms with E-state index in [-0.39, 0.29) is 12.5 Å². The highest BCUT2D eigenvalue weighted by atomic mass is 35.5. The summed E-state index contributed by atoms with van der Waals surface area (Å²) in [7, 11) is 1.78. The fraction of sp³-hybridized carbons (Fsp3) is 0.167. The summed E-state index contributed by atoms with van der Waals surface area (Å²) < 4.78 is 5.64. The van der Waals surface area contributed by atoms with E-state index in [4.69, 9.17) is 39.2 Å². The number of halogens is 3. The SMILES string of the molecule is CN(CC(=O)Nc1ccc(Cl)c(Cl)c1)Cc1nnc(-c2ccc(Cl)cc2)o1. The molecule has 3 rings (SSSR count). The monoisotopic (exact) mass is 424 g/mol. The molecule has 0 unspecified atom stereocenters. The molecule has 0 aliphatic rings. The fourth-order valence-electron chi connectivity index (χ4n) is 2.33. The summed E-state index contributed by atoms with van der Waals surface area (Å²) >= 11 is 17.7. The second kappa shape index (κ2) is 8.71. The van der Waals surface area contributed by atoms with Crippen LogP contribution in [-0.4, -0.2) is 34.6 Å². The summed E-state index contributed by atoms with van der Waals surface area (Å²) in [5.74, 6) is 0.605. The molecule has 0 atom stereocenters. The first-order valence-corrected chi connectivity index (χ1v) is 9.06. The molecule has 27 heavy (non-hydrogen) atoms. The van der Waals surface area contributed by atoms with E-state index in [0.29, 0.717) is 39.1 Å². The van der Waals surface area contributed by atoms with E-state index >= 15 is 0 Å². The van der Waals surface area contributed by atoms with Crippen LogP contribution in [0, 0.1) is 0 Å². The summed E-state index contributed by atoms with van der Waals surface area (Å²) in [6.45, 7) is 0.467. The lowest BCUT2D eigenvalue weighted by molar-refractivity contribution is -0.117. The Morgan fingerprint density at radius 2 is 1.81 bits per heavy atom. The maximum Gasteiger partial charge on any atom is 0.247 e. The Labute approximate surface area is 171 Å². The summed E-state index contributed by atoms with van der Waals surface area (Å²) in [5, 5.41) is 12.2. The van der Waals surface area contributed by atoms with Crippen molar-refractivity contribution in [3.63, 3.8) is 0 Å². The van der Waals surface area contributed by atoms with Gasteiger partial charge in [0, 0.05) is 16.3 Å². The summed E-state index contributed by atoms with van der Waals surface area (Å²) in [6, 6.07) is 12.0. The van der Waals surface area contributed by atoms with E-state index in [1.54, 1.807) is 54.4 Å². The third kappa shape index (κ3) is 5.43.